The molecule has 0 spiro atoms. The highest BCUT2D eigenvalue weighted by Crippen LogP contribution is 2.35. The first kappa shape index (κ1) is 14.0. The first-order chi connectivity index (χ1) is 7.50. The van der Waals surface area contributed by atoms with Crippen LogP contribution in [0.2, 0.25) is 0 Å². The predicted molar refractivity (Wildman–Crippen MR) is 67.4 cm³/mol. The SMILES string of the molecule is CC(O)CCO[C@H]1C[C@@H](C)CC[C@@H]1C(C)C. The summed E-state index contributed by atoms with van der Waals surface area (Å²) < 4.78 is 5.98. The summed E-state index contributed by atoms with van der Waals surface area (Å²) in [6.45, 7) is 9.45. The predicted octanol–water partition coefficient (Wildman–Crippen LogP) is 3.23. The molecule has 2 nitrogen and oxygen atoms in total. The first-order valence-corrected chi connectivity index (χ1v) is 6.80. The average Bonchev–Trinajstić information content (AvgIpc) is 2.16. The molecule has 1 aliphatic rings. The van der Waals surface area contributed by atoms with Crippen molar-refractivity contribution in [1.82, 2.24) is 0 Å². The fourth-order valence-corrected chi connectivity index (χ4v) is 2.70. The van der Waals surface area contributed by atoms with Gasteiger partial charge in [0.1, 0.15) is 0 Å². The van der Waals surface area contributed by atoms with Crippen molar-refractivity contribution in [3.05, 3.63) is 0 Å². The average molecular weight is 228 g/mol. The Morgan fingerprint density at radius 3 is 2.50 bits per heavy atom. The van der Waals surface area contributed by atoms with E-state index < -0.39 is 0 Å². The maximum Gasteiger partial charge on any atom is 0.0608 e. The molecular formula is C14H28O2. The molecule has 0 radical (unpaired) electrons. The molecule has 0 aliphatic heterocycles. The van der Waals surface area contributed by atoms with Crippen LogP contribution in [0.15, 0.2) is 0 Å². The van der Waals surface area contributed by atoms with Crippen LogP contribution in [0.5, 0.6) is 0 Å². The van der Waals surface area contributed by atoms with Gasteiger partial charge in [-0.1, -0.05) is 27.2 Å². The summed E-state index contributed by atoms with van der Waals surface area (Å²) in [6, 6.07) is 0. The Bertz CT molecular complexity index is 189. The van der Waals surface area contributed by atoms with E-state index in [0.29, 0.717) is 24.5 Å². The quantitative estimate of drug-likeness (QED) is 0.783. The van der Waals surface area contributed by atoms with Crippen LogP contribution in [0.25, 0.3) is 0 Å². The van der Waals surface area contributed by atoms with Crippen molar-refractivity contribution in [2.24, 2.45) is 17.8 Å². The highest BCUT2D eigenvalue weighted by atomic mass is 16.5. The lowest BCUT2D eigenvalue weighted by Gasteiger charge is -2.37. The van der Waals surface area contributed by atoms with Crippen LogP contribution >= 0.6 is 0 Å². The van der Waals surface area contributed by atoms with Gasteiger partial charge >= 0.3 is 0 Å². The molecule has 0 bridgehead atoms. The molecule has 1 rings (SSSR count). The molecule has 1 unspecified atom stereocenters. The Balaban J connectivity index is 2.38. The number of aliphatic hydroxyl groups excluding tert-OH is 1. The largest absolute Gasteiger partial charge is 0.393 e. The summed E-state index contributed by atoms with van der Waals surface area (Å²) in [5.41, 5.74) is 0. The van der Waals surface area contributed by atoms with Gasteiger partial charge in [0.15, 0.2) is 0 Å². The Kier molecular flexibility index (Phi) is 5.77. The summed E-state index contributed by atoms with van der Waals surface area (Å²) >= 11 is 0. The smallest absolute Gasteiger partial charge is 0.0608 e. The van der Waals surface area contributed by atoms with E-state index in [1.54, 1.807) is 0 Å². The molecule has 4 atom stereocenters. The lowest BCUT2D eigenvalue weighted by Crippen LogP contribution is -2.34. The second-order valence-corrected chi connectivity index (χ2v) is 5.87. The van der Waals surface area contributed by atoms with Crippen LogP contribution in [-0.2, 0) is 4.74 Å². The minimum atomic E-state index is -0.237. The maximum atomic E-state index is 9.23. The highest BCUT2D eigenvalue weighted by molar-refractivity contribution is 4.81. The summed E-state index contributed by atoms with van der Waals surface area (Å²) in [6.07, 6.45) is 4.79. The van der Waals surface area contributed by atoms with Crippen molar-refractivity contribution < 1.29 is 9.84 Å². The maximum absolute atomic E-state index is 9.23. The van der Waals surface area contributed by atoms with Crippen molar-refractivity contribution in [3.8, 4) is 0 Å². The van der Waals surface area contributed by atoms with Crippen molar-refractivity contribution in [1.29, 1.82) is 0 Å². The van der Waals surface area contributed by atoms with Crippen molar-refractivity contribution in [2.45, 2.75) is 65.6 Å². The molecule has 1 saturated carbocycles. The normalized spacial score (nSPS) is 33.0. The van der Waals surface area contributed by atoms with Gasteiger partial charge in [-0.05, 0) is 43.9 Å². The molecular weight excluding hydrogens is 200 g/mol. The molecule has 2 heteroatoms. The van der Waals surface area contributed by atoms with Crippen molar-refractivity contribution in [3.63, 3.8) is 0 Å². The molecule has 0 amide bonds. The molecule has 0 aromatic heterocycles. The van der Waals surface area contributed by atoms with Crippen LogP contribution in [0, 0.1) is 17.8 Å². The lowest BCUT2D eigenvalue weighted by atomic mass is 9.75. The minimum Gasteiger partial charge on any atom is -0.393 e. The van der Waals surface area contributed by atoms with Gasteiger partial charge in [-0.2, -0.15) is 0 Å². The zero-order valence-electron chi connectivity index (χ0n) is 11.3. The van der Waals surface area contributed by atoms with E-state index in [4.69, 9.17) is 4.74 Å². The van der Waals surface area contributed by atoms with Crippen LogP contribution in [-0.4, -0.2) is 23.9 Å². The highest BCUT2D eigenvalue weighted by Gasteiger charge is 2.31. The Morgan fingerprint density at radius 2 is 1.94 bits per heavy atom. The van der Waals surface area contributed by atoms with Gasteiger partial charge in [-0.15, -0.1) is 0 Å². The van der Waals surface area contributed by atoms with Crippen LogP contribution in [0.3, 0.4) is 0 Å². The van der Waals surface area contributed by atoms with Gasteiger partial charge < -0.3 is 9.84 Å². The fraction of sp³-hybridized carbons (Fsp3) is 1.00. The third-order valence-electron chi connectivity index (χ3n) is 3.83. The zero-order chi connectivity index (χ0) is 12.1. The molecule has 1 N–H and O–H groups in total. The van der Waals surface area contributed by atoms with E-state index in [1.807, 2.05) is 6.92 Å². The van der Waals surface area contributed by atoms with E-state index in [1.165, 1.54) is 19.3 Å². The van der Waals surface area contributed by atoms with E-state index in [0.717, 1.165) is 12.3 Å². The van der Waals surface area contributed by atoms with E-state index in [9.17, 15) is 5.11 Å². The van der Waals surface area contributed by atoms with Crippen LogP contribution < -0.4 is 0 Å². The van der Waals surface area contributed by atoms with Gasteiger partial charge in [0.25, 0.3) is 0 Å². The van der Waals surface area contributed by atoms with Crippen LogP contribution in [0.1, 0.15) is 53.4 Å². The number of hydrogen-bond donors (Lipinski definition) is 1. The molecule has 0 aromatic carbocycles. The second kappa shape index (κ2) is 6.61. The lowest BCUT2D eigenvalue weighted by molar-refractivity contribution is -0.0462. The Labute approximate surface area is 100 Å². The van der Waals surface area contributed by atoms with Gasteiger partial charge in [0, 0.05) is 6.61 Å². The van der Waals surface area contributed by atoms with Gasteiger partial charge in [-0.3, -0.25) is 0 Å². The molecule has 96 valence electrons. The fourth-order valence-electron chi connectivity index (χ4n) is 2.70. The summed E-state index contributed by atoms with van der Waals surface area (Å²) in [5, 5.41) is 9.23. The van der Waals surface area contributed by atoms with E-state index >= 15 is 0 Å². The number of hydrogen-bond acceptors (Lipinski definition) is 2. The topological polar surface area (TPSA) is 29.5 Å². The Hall–Kier alpha value is -0.0800. The van der Waals surface area contributed by atoms with Crippen molar-refractivity contribution >= 4 is 0 Å². The zero-order valence-corrected chi connectivity index (χ0v) is 11.3. The number of aliphatic hydroxyl groups is 1. The molecule has 1 fully saturated rings. The van der Waals surface area contributed by atoms with E-state index in [-0.39, 0.29) is 6.10 Å². The standard InChI is InChI=1S/C14H28O2/c1-10(2)13-6-5-11(3)9-14(13)16-8-7-12(4)15/h10-15H,5-9H2,1-4H3/t11-,12?,13+,14-/m0/s1. The van der Waals surface area contributed by atoms with E-state index in [2.05, 4.69) is 20.8 Å². The Morgan fingerprint density at radius 1 is 1.25 bits per heavy atom. The summed E-state index contributed by atoms with van der Waals surface area (Å²) in [4.78, 5) is 0. The monoisotopic (exact) mass is 228 g/mol. The number of rotatable bonds is 5. The first-order valence-electron chi connectivity index (χ1n) is 6.80. The molecule has 1 aliphatic carbocycles. The van der Waals surface area contributed by atoms with Crippen molar-refractivity contribution in [2.75, 3.05) is 6.61 Å². The van der Waals surface area contributed by atoms with Gasteiger partial charge in [0.2, 0.25) is 0 Å². The second-order valence-electron chi connectivity index (χ2n) is 5.87. The third kappa shape index (κ3) is 4.42. The van der Waals surface area contributed by atoms with Gasteiger partial charge in [0.05, 0.1) is 12.2 Å². The summed E-state index contributed by atoms with van der Waals surface area (Å²) in [5.74, 6) is 2.22. The molecule has 16 heavy (non-hydrogen) atoms. The molecule has 0 heterocycles. The summed E-state index contributed by atoms with van der Waals surface area (Å²) in [7, 11) is 0. The third-order valence-corrected chi connectivity index (χ3v) is 3.83. The minimum absolute atomic E-state index is 0.237. The van der Waals surface area contributed by atoms with Gasteiger partial charge in [-0.25, -0.2) is 0 Å². The molecule has 0 aromatic rings. The number of ether oxygens (including phenoxy) is 1. The molecule has 0 saturated heterocycles. The van der Waals surface area contributed by atoms with Crippen LogP contribution in [0.4, 0.5) is 0 Å².